The van der Waals surface area contributed by atoms with Crippen LogP contribution < -0.4 is 5.32 Å². The van der Waals surface area contributed by atoms with Gasteiger partial charge in [0.05, 0.1) is 24.7 Å². The Morgan fingerprint density at radius 1 is 1.48 bits per heavy atom. The van der Waals surface area contributed by atoms with Crippen LogP contribution in [0.5, 0.6) is 0 Å². The summed E-state index contributed by atoms with van der Waals surface area (Å²) in [6.45, 7) is 4.32. The number of nitrogens with one attached hydrogen (secondary N) is 1. The van der Waals surface area contributed by atoms with E-state index in [9.17, 15) is 4.79 Å². The van der Waals surface area contributed by atoms with Gasteiger partial charge in [0.15, 0.2) is 0 Å². The second kappa shape index (κ2) is 5.73. The quantitative estimate of drug-likeness (QED) is 0.925. The van der Waals surface area contributed by atoms with Gasteiger partial charge in [0, 0.05) is 26.3 Å². The molecule has 0 radical (unpaired) electrons. The van der Waals surface area contributed by atoms with Gasteiger partial charge in [0.25, 0.3) is 0 Å². The number of hydrogen-bond acceptors (Lipinski definition) is 4. The number of amides is 1. The van der Waals surface area contributed by atoms with Crippen molar-refractivity contribution in [2.24, 2.45) is 0 Å². The van der Waals surface area contributed by atoms with E-state index in [2.05, 4.69) is 15.3 Å². The van der Waals surface area contributed by atoms with Crippen molar-refractivity contribution in [2.75, 3.05) is 13.6 Å². The predicted octanol–water partition coefficient (Wildman–Crippen LogP) is 1.48. The Morgan fingerprint density at radius 3 is 3.05 bits per heavy atom. The summed E-state index contributed by atoms with van der Waals surface area (Å²) < 4.78 is 7.62. The van der Waals surface area contributed by atoms with E-state index >= 15 is 0 Å². The molecule has 21 heavy (non-hydrogen) atoms. The van der Waals surface area contributed by atoms with Crippen LogP contribution in [0.3, 0.4) is 0 Å². The van der Waals surface area contributed by atoms with Crippen LogP contribution in [0.1, 0.15) is 29.7 Å². The van der Waals surface area contributed by atoms with Crippen LogP contribution in [0.15, 0.2) is 28.8 Å². The van der Waals surface area contributed by atoms with Gasteiger partial charge < -0.3 is 9.73 Å². The minimum Gasteiger partial charge on any atom is -0.465 e. The van der Waals surface area contributed by atoms with Crippen LogP contribution in [-0.2, 0) is 17.9 Å². The molecular weight excluding hydrogens is 268 g/mol. The molecule has 0 fully saturated rings. The molecule has 0 aromatic carbocycles. The highest BCUT2D eigenvalue weighted by Crippen LogP contribution is 2.24. The average molecular weight is 288 g/mol. The molecule has 3 heterocycles. The molecular formula is C15H20N4O2. The van der Waals surface area contributed by atoms with Crippen molar-refractivity contribution in [1.29, 1.82) is 0 Å². The lowest BCUT2D eigenvalue weighted by Gasteiger charge is -2.33. The first kappa shape index (κ1) is 13.9. The number of nitrogens with zero attached hydrogens (tertiary/aromatic N) is 3. The maximum Gasteiger partial charge on any atom is 0.221 e. The molecule has 0 bridgehead atoms. The number of aromatic nitrogens is 2. The largest absolute Gasteiger partial charge is 0.465 e. The highest BCUT2D eigenvalue weighted by Gasteiger charge is 2.27. The second-order valence-corrected chi connectivity index (χ2v) is 5.48. The van der Waals surface area contributed by atoms with Gasteiger partial charge >= 0.3 is 0 Å². The van der Waals surface area contributed by atoms with Gasteiger partial charge in [-0.3, -0.25) is 14.4 Å². The third-order valence-corrected chi connectivity index (χ3v) is 3.83. The summed E-state index contributed by atoms with van der Waals surface area (Å²) in [4.78, 5) is 14.0. The van der Waals surface area contributed by atoms with Crippen molar-refractivity contribution >= 4 is 5.91 Å². The van der Waals surface area contributed by atoms with Gasteiger partial charge in [-0.1, -0.05) is 0 Å². The molecule has 1 N–H and O–H groups in total. The molecule has 1 atom stereocenters. The maximum atomic E-state index is 11.7. The van der Waals surface area contributed by atoms with Crippen molar-refractivity contribution in [3.05, 3.63) is 41.6 Å². The van der Waals surface area contributed by atoms with Crippen molar-refractivity contribution in [1.82, 2.24) is 20.0 Å². The molecule has 1 amide bonds. The third-order valence-electron chi connectivity index (χ3n) is 3.83. The number of fused-ring (bicyclic) bond motifs is 1. The number of carbonyl (C=O) groups is 1. The molecule has 2 aromatic heterocycles. The minimum absolute atomic E-state index is 0.0390. The molecule has 6 heteroatoms. The van der Waals surface area contributed by atoms with Gasteiger partial charge in [-0.2, -0.15) is 5.10 Å². The van der Waals surface area contributed by atoms with Crippen molar-refractivity contribution in [3.8, 4) is 0 Å². The summed E-state index contributed by atoms with van der Waals surface area (Å²) in [7, 11) is 1.67. The number of hydrogen-bond donors (Lipinski definition) is 1. The molecule has 3 rings (SSSR count). The lowest BCUT2D eigenvalue weighted by molar-refractivity contribution is -0.121. The first-order chi connectivity index (χ1) is 10.2. The van der Waals surface area contributed by atoms with Gasteiger partial charge in [-0.05, 0) is 25.1 Å². The summed E-state index contributed by atoms with van der Waals surface area (Å²) in [5.74, 6) is 1.92. The lowest BCUT2D eigenvalue weighted by Crippen LogP contribution is -2.39. The Morgan fingerprint density at radius 2 is 2.33 bits per heavy atom. The van der Waals surface area contributed by atoms with Crippen LogP contribution >= 0.6 is 0 Å². The Hall–Kier alpha value is -2.08. The number of aryl methyl sites for hydroxylation is 1. The number of furan rings is 1. The smallest absolute Gasteiger partial charge is 0.221 e. The van der Waals surface area contributed by atoms with E-state index in [0.29, 0.717) is 6.42 Å². The lowest BCUT2D eigenvalue weighted by atomic mass is 10.1. The van der Waals surface area contributed by atoms with Crippen LogP contribution in [0.2, 0.25) is 0 Å². The number of rotatable bonds is 4. The molecule has 0 saturated heterocycles. The summed E-state index contributed by atoms with van der Waals surface area (Å²) in [6, 6.07) is 6.07. The van der Waals surface area contributed by atoms with E-state index < -0.39 is 0 Å². The molecule has 0 aliphatic carbocycles. The molecule has 0 saturated carbocycles. The maximum absolute atomic E-state index is 11.7. The standard InChI is InChI=1S/C15H20N4O2/c1-11-3-4-14(21-11)10-18-8-12-5-6-17-19(12)13(9-18)7-15(20)16-2/h3-6,13H,7-10H2,1-2H3,(H,16,20)/t13-/m1/s1. The minimum atomic E-state index is 0.0390. The zero-order chi connectivity index (χ0) is 14.8. The number of carbonyl (C=O) groups excluding carboxylic acids is 1. The van der Waals surface area contributed by atoms with Gasteiger partial charge in [-0.15, -0.1) is 0 Å². The summed E-state index contributed by atoms with van der Waals surface area (Å²) in [5.41, 5.74) is 1.14. The zero-order valence-electron chi connectivity index (χ0n) is 12.4. The molecule has 2 aromatic rings. The summed E-state index contributed by atoms with van der Waals surface area (Å²) in [6.07, 6.45) is 2.24. The summed E-state index contributed by atoms with van der Waals surface area (Å²) >= 11 is 0. The van der Waals surface area contributed by atoms with E-state index in [4.69, 9.17) is 4.42 Å². The Labute approximate surface area is 123 Å². The molecule has 0 unspecified atom stereocenters. The molecule has 1 aliphatic rings. The highest BCUT2D eigenvalue weighted by molar-refractivity contribution is 5.76. The van der Waals surface area contributed by atoms with Gasteiger partial charge in [-0.25, -0.2) is 0 Å². The first-order valence-corrected chi connectivity index (χ1v) is 7.16. The SMILES string of the molecule is CNC(=O)C[C@@H]1CN(Cc2ccc(C)o2)Cc2ccnn21. The van der Waals surface area contributed by atoms with Gasteiger partial charge in [0.1, 0.15) is 11.5 Å². The first-order valence-electron chi connectivity index (χ1n) is 7.16. The van der Waals surface area contributed by atoms with Crippen LogP contribution in [0.25, 0.3) is 0 Å². The van der Waals surface area contributed by atoms with Gasteiger partial charge in [0.2, 0.25) is 5.91 Å². The molecule has 6 nitrogen and oxygen atoms in total. The topological polar surface area (TPSA) is 63.3 Å². The highest BCUT2D eigenvalue weighted by atomic mass is 16.3. The Balaban J connectivity index is 1.75. The van der Waals surface area contributed by atoms with E-state index in [1.165, 1.54) is 0 Å². The van der Waals surface area contributed by atoms with Crippen molar-refractivity contribution in [2.45, 2.75) is 32.5 Å². The molecule has 0 spiro atoms. The predicted molar refractivity (Wildman–Crippen MR) is 77.5 cm³/mol. The fourth-order valence-corrected chi connectivity index (χ4v) is 2.84. The average Bonchev–Trinajstić information content (AvgIpc) is 3.07. The summed E-state index contributed by atoms with van der Waals surface area (Å²) in [5, 5.41) is 7.04. The Kier molecular flexibility index (Phi) is 3.79. The van der Waals surface area contributed by atoms with Crippen LogP contribution in [0.4, 0.5) is 0 Å². The zero-order valence-corrected chi connectivity index (χ0v) is 12.4. The van der Waals surface area contributed by atoms with Crippen LogP contribution in [0, 0.1) is 6.92 Å². The third kappa shape index (κ3) is 3.00. The van der Waals surface area contributed by atoms with Crippen molar-refractivity contribution in [3.63, 3.8) is 0 Å². The van der Waals surface area contributed by atoms with Crippen LogP contribution in [-0.4, -0.2) is 34.2 Å². The normalized spacial score (nSPS) is 18.5. The monoisotopic (exact) mass is 288 g/mol. The second-order valence-electron chi connectivity index (χ2n) is 5.48. The molecule has 112 valence electrons. The Bertz CT molecular complexity index is 631. The fraction of sp³-hybridized carbons (Fsp3) is 0.467. The van der Waals surface area contributed by atoms with Crippen molar-refractivity contribution < 1.29 is 9.21 Å². The van der Waals surface area contributed by atoms with E-state index in [-0.39, 0.29) is 11.9 Å². The van der Waals surface area contributed by atoms with E-state index in [0.717, 1.165) is 36.8 Å². The van der Waals surface area contributed by atoms with E-state index in [1.54, 1.807) is 13.2 Å². The fourth-order valence-electron chi connectivity index (χ4n) is 2.84. The molecule has 1 aliphatic heterocycles. The van der Waals surface area contributed by atoms with E-state index in [1.807, 2.05) is 29.8 Å².